The monoisotopic (exact) mass is 375 g/mol. The van der Waals surface area contributed by atoms with E-state index in [0.29, 0.717) is 29.1 Å². The maximum absolute atomic E-state index is 12.8. The number of carbonyl (C=O) groups is 1. The number of carbonyl (C=O) groups excluding carboxylic acids is 1. The van der Waals surface area contributed by atoms with Crippen LogP contribution < -0.4 is 5.56 Å². The molecule has 26 heavy (non-hydrogen) atoms. The van der Waals surface area contributed by atoms with Crippen molar-refractivity contribution in [1.29, 1.82) is 0 Å². The van der Waals surface area contributed by atoms with Crippen LogP contribution in [-0.4, -0.2) is 51.4 Å². The molecule has 1 amide bonds. The number of nitrogens with zero attached hydrogens (tertiary/aromatic N) is 3. The van der Waals surface area contributed by atoms with Crippen molar-refractivity contribution in [3.8, 4) is 0 Å². The van der Waals surface area contributed by atoms with Gasteiger partial charge >= 0.3 is 0 Å². The van der Waals surface area contributed by atoms with Gasteiger partial charge in [-0.2, -0.15) is 0 Å². The number of ether oxygens (including phenoxy) is 1. The molecule has 2 heterocycles. The molecule has 1 aromatic carbocycles. The Bertz CT molecular complexity index is 855. The van der Waals surface area contributed by atoms with Crippen molar-refractivity contribution in [2.75, 3.05) is 18.8 Å². The average molecular weight is 375 g/mol. The summed E-state index contributed by atoms with van der Waals surface area (Å²) >= 11 is 1.33. The van der Waals surface area contributed by atoms with Gasteiger partial charge in [-0.05, 0) is 39.8 Å². The molecule has 0 unspecified atom stereocenters. The molecule has 2 aromatic rings. The molecule has 3 rings (SSSR count). The van der Waals surface area contributed by atoms with Crippen LogP contribution in [0.2, 0.25) is 0 Å². The number of para-hydroxylation sites is 1. The van der Waals surface area contributed by atoms with E-state index in [2.05, 4.69) is 4.98 Å². The number of morpholine rings is 1. The maximum Gasteiger partial charge on any atom is 0.262 e. The van der Waals surface area contributed by atoms with E-state index in [1.54, 1.807) is 10.6 Å². The van der Waals surface area contributed by atoms with E-state index in [9.17, 15) is 9.59 Å². The Hall–Kier alpha value is -1.86. The molecule has 1 aromatic heterocycles. The summed E-state index contributed by atoms with van der Waals surface area (Å²) in [5, 5.41) is 1.19. The van der Waals surface area contributed by atoms with Crippen molar-refractivity contribution in [1.82, 2.24) is 14.5 Å². The van der Waals surface area contributed by atoms with Crippen molar-refractivity contribution < 1.29 is 9.53 Å². The molecule has 1 aliphatic heterocycles. The Morgan fingerprint density at radius 3 is 2.58 bits per heavy atom. The molecular formula is C19H25N3O3S. The number of hydrogen-bond donors (Lipinski definition) is 0. The molecule has 1 fully saturated rings. The van der Waals surface area contributed by atoms with Crippen LogP contribution in [0.1, 0.15) is 33.7 Å². The first-order valence-electron chi connectivity index (χ1n) is 8.94. The van der Waals surface area contributed by atoms with Gasteiger partial charge in [-0.25, -0.2) is 4.98 Å². The number of aromatic nitrogens is 2. The molecule has 1 aliphatic rings. The second-order valence-corrected chi connectivity index (χ2v) is 7.97. The summed E-state index contributed by atoms with van der Waals surface area (Å²) in [4.78, 5) is 31.9. The summed E-state index contributed by atoms with van der Waals surface area (Å²) in [6, 6.07) is 7.30. The van der Waals surface area contributed by atoms with Gasteiger partial charge in [-0.15, -0.1) is 0 Å². The molecule has 0 bridgehead atoms. The lowest BCUT2D eigenvalue weighted by Gasteiger charge is -2.35. The third kappa shape index (κ3) is 3.94. The topological polar surface area (TPSA) is 64.4 Å². The van der Waals surface area contributed by atoms with Gasteiger partial charge in [0.15, 0.2) is 5.16 Å². The normalized spacial score (nSPS) is 20.7. The van der Waals surface area contributed by atoms with E-state index in [0.717, 1.165) is 0 Å². The number of hydrogen-bond acceptors (Lipinski definition) is 5. The van der Waals surface area contributed by atoms with E-state index in [1.807, 2.05) is 50.8 Å². The summed E-state index contributed by atoms with van der Waals surface area (Å²) in [6.07, 6.45) is 0.0840. The Kier molecular flexibility index (Phi) is 5.67. The molecule has 140 valence electrons. The zero-order chi connectivity index (χ0) is 18.8. The number of thioether (sulfide) groups is 1. The van der Waals surface area contributed by atoms with Crippen LogP contribution >= 0.6 is 11.8 Å². The van der Waals surface area contributed by atoms with Crippen molar-refractivity contribution in [2.45, 2.75) is 51.1 Å². The van der Waals surface area contributed by atoms with E-state index in [1.165, 1.54) is 11.8 Å². The first-order valence-corrected chi connectivity index (χ1v) is 9.92. The van der Waals surface area contributed by atoms with E-state index in [-0.39, 0.29) is 35.5 Å². The fourth-order valence-electron chi connectivity index (χ4n) is 3.28. The van der Waals surface area contributed by atoms with Crippen LogP contribution in [0.3, 0.4) is 0 Å². The molecule has 7 heteroatoms. The van der Waals surface area contributed by atoms with Crippen LogP contribution in [-0.2, 0) is 9.53 Å². The van der Waals surface area contributed by atoms with Crippen molar-refractivity contribution in [2.24, 2.45) is 0 Å². The summed E-state index contributed by atoms with van der Waals surface area (Å²) in [5.74, 6) is 0.312. The lowest BCUT2D eigenvalue weighted by atomic mass is 10.2. The zero-order valence-electron chi connectivity index (χ0n) is 15.6. The first-order chi connectivity index (χ1) is 12.4. The van der Waals surface area contributed by atoms with Crippen LogP contribution in [0.25, 0.3) is 10.9 Å². The first kappa shape index (κ1) is 18.9. The quantitative estimate of drug-likeness (QED) is 0.607. The van der Waals surface area contributed by atoms with Gasteiger partial charge in [0, 0.05) is 19.1 Å². The maximum atomic E-state index is 12.8. The Morgan fingerprint density at radius 1 is 1.27 bits per heavy atom. The van der Waals surface area contributed by atoms with Gasteiger partial charge in [0.2, 0.25) is 5.91 Å². The molecule has 0 aliphatic carbocycles. The molecule has 2 atom stereocenters. The van der Waals surface area contributed by atoms with E-state index < -0.39 is 0 Å². The van der Waals surface area contributed by atoms with Gasteiger partial charge in [-0.3, -0.25) is 14.2 Å². The minimum absolute atomic E-state index is 0.0272. The predicted octanol–water partition coefficient (Wildman–Crippen LogP) is 2.71. The number of benzene rings is 1. The molecule has 0 saturated carbocycles. The molecule has 1 saturated heterocycles. The summed E-state index contributed by atoms with van der Waals surface area (Å²) in [5.41, 5.74) is 0.604. The summed E-state index contributed by atoms with van der Waals surface area (Å²) < 4.78 is 7.36. The Morgan fingerprint density at radius 2 is 1.92 bits per heavy atom. The van der Waals surface area contributed by atoms with Crippen molar-refractivity contribution in [3.05, 3.63) is 34.6 Å². The third-order valence-electron chi connectivity index (χ3n) is 4.39. The fourth-order valence-corrected chi connectivity index (χ4v) is 4.31. The highest BCUT2D eigenvalue weighted by molar-refractivity contribution is 7.99. The number of fused-ring (bicyclic) bond motifs is 1. The van der Waals surface area contributed by atoms with Crippen LogP contribution in [0.5, 0.6) is 0 Å². The fraction of sp³-hybridized carbons (Fsp3) is 0.526. The summed E-state index contributed by atoms with van der Waals surface area (Å²) in [7, 11) is 0. The Labute approximate surface area is 157 Å². The van der Waals surface area contributed by atoms with Gasteiger partial charge in [0.25, 0.3) is 5.56 Å². The minimum atomic E-state index is -0.0610. The third-order valence-corrected chi connectivity index (χ3v) is 5.33. The minimum Gasteiger partial charge on any atom is -0.372 e. The molecule has 0 spiro atoms. The predicted molar refractivity (Wildman–Crippen MR) is 104 cm³/mol. The highest BCUT2D eigenvalue weighted by Gasteiger charge is 2.26. The van der Waals surface area contributed by atoms with E-state index >= 15 is 0 Å². The second kappa shape index (κ2) is 7.80. The van der Waals surface area contributed by atoms with Crippen LogP contribution in [0.4, 0.5) is 0 Å². The van der Waals surface area contributed by atoms with E-state index in [4.69, 9.17) is 4.74 Å². The van der Waals surface area contributed by atoms with Gasteiger partial charge in [0.05, 0.1) is 28.9 Å². The lowest BCUT2D eigenvalue weighted by Crippen LogP contribution is -2.48. The highest BCUT2D eigenvalue weighted by Crippen LogP contribution is 2.22. The van der Waals surface area contributed by atoms with Gasteiger partial charge < -0.3 is 9.64 Å². The van der Waals surface area contributed by atoms with Crippen LogP contribution in [0, 0.1) is 0 Å². The van der Waals surface area contributed by atoms with Crippen LogP contribution in [0.15, 0.2) is 34.2 Å². The van der Waals surface area contributed by atoms with Gasteiger partial charge in [0.1, 0.15) is 0 Å². The SMILES string of the molecule is CC(C)n1c(SCC(=O)N2C[C@@H](C)O[C@@H](C)C2)nc2ccccc2c1=O. The van der Waals surface area contributed by atoms with Gasteiger partial charge in [-0.1, -0.05) is 23.9 Å². The second-order valence-electron chi connectivity index (χ2n) is 7.03. The average Bonchev–Trinajstić information content (AvgIpc) is 2.58. The zero-order valence-corrected chi connectivity index (χ0v) is 16.5. The number of rotatable bonds is 4. The largest absolute Gasteiger partial charge is 0.372 e. The Balaban J connectivity index is 1.83. The molecular weight excluding hydrogens is 350 g/mol. The molecule has 6 nitrogen and oxygen atoms in total. The van der Waals surface area contributed by atoms with Crippen molar-refractivity contribution in [3.63, 3.8) is 0 Å². The lowest BCUT2D eigenvalue weighted by molar-refractivity contribution is -0.140. The standard InChI is InChI=1S/C19H25N3O3S/c1-12(2)22-18(24)15-7-5-6-8-16(15)20-19(22)26-11-17(23)21-9-13(3)25-14(4)10-21/h5-8,12-14H,9-11H2,1-4H3/t13-,14+. The summed E-state index contributed by atoms with van der Waals surface area (Å²) in [6.45, 7) is 9.07. The molecule has 0 N–H and O–H groups in total. The molecule has 0 radical (unpaired) electrons. The van der Waals surface area contributed by atoms with Crippen molar-refractivity contribution >= 4 is 28.6 Å². The highest BCUT2D eigenvalue weighted by atomic mass is 32.2. The number of amides is 1. The smallest absolute Gasteiger partial charge is 0.262 e.